The zero-order chi connectivity index (χ0) is 19.4. The van der Waals surface area contributed by atoms with E-state index in [4.69, 9.17) is 9.73 Å². The van der Waals surface area contributed by atoms with E-state index in [1.165, 1.54) is 5.57 Å². The lowest BCUT2D eigenvalue weighted by Crippen LogP contribution is -2.26. The van der Waals surface area contributed by atoms with Gasteiger partial charge in [-0.25, -0.2) is 4.79 Å². The summed E-state index contributed by atoms with van der Waals surface area (Å²) in [5.74, 6) is 0.0110. The van der Waals surface area contributed by atoms with Gasteiger partial charge in [-0.15, -0.1) is 0 Å². The first-order valence-corrected chi connectivity index (χ1v) is 9.42. The molecule has 0 fully saturated rings. The van der Waals surface area contributed by atoms with Crippen molar-refractivity contribution in [3.05, 3.63) is 77.4 Å². The van der Waals surface area contributed by atoms with E-state index in [1.54, 1.807) is 6.07 Å². The number of carbonyl (C=O) groups excluding carboxylic acids is 1. The molecule has 2 aromatic carbocycles. The van der Waals surface area contributed by atoms with E-state index < -0.39 is 0 Å². The number of aliphatic imine (C=N–C) groups is 1. The first-order chi connectivity index (χ1) is 12.9. The van der Waals surface area contributed by atoms with Gasteiger partial charge in [0.15, 0.2) is 0 Å². The van der Waals surface area contributed by atoms with Crippen LogP contribution >= 0.6 is 0 Å². The summed E-state index contributed by atoms with van der Waals surface area (Å²) in [4.78, 5) is 17.4. The summed E-state index contributed by atoms with van der Waals surface area (Å²) in [5, 5.41) is 0. The lowest BCUT2D eigenvalue weighted by molar-refractivity contribution is 0.0474. The molecule has 0 saturated heterocycles. The molecule has 0 N–H and O–H groups in total. The van der Waals surface area contributed by atoms with Crippen LogP contribution in [0.1, 0.15) is 50.0 Å². The van der Waals surface area contributed by atoms with E-state index in [2.05, 4.69) is 33.8 Å². The summed E-state index contributed by atoms with van der Waals surface area (Å²) >= 11 is 0. The number of para-hydroxylation sites is 1. The minimum atomic E-state index is -0.342. The lowest BCUT2D eigenvalue weighted by Gasteiger charge is -2.29. The van der Waals surface area contributed by atoms with E-state index in [9.17, 15) is 4.79 Å². The van der Waals surface area contributed by atoms with Crippen LogP contribution in [-0.4, -0.2) is 11.7 Å². The largest absolute Gasteiger partial charge is 0.457 e. The number of carbonyl (C=O) groups is 1. The third-order valence-electron chi connectivity index (χ3n) is 5.69. The molecule has 0 spiro atoms. The van der Waals surface area contributed by atoms with Crippen LogP contribution in [0.25, 0.3) is 0 Å². The average molecular weight is 361 g/mol. The number of hydrogen-bond donors (Lipinski definition) is 0. The van der Waals surface area contributed by atoms with Gasteiger partial charge in [0.2, 0.25) is 0 Å². The van der Waals surface area contributed by atoms with Crippen LogP contribution in [0.4, 0.5) is 5.69 Å². The van der Waals surface area contributed by atoms with Crippen molar-refractivity contribution in [3.63, 3.8) is 0 Å². The normalized spacial score (nSPS) is 18.9. The summed E-state index contributed by atoms with van der Waals surface area (Å²) in [7, 11) is 0. The summed E-state index contributed by atoms with van der Waals surface area (Å²) in [6.45, 7) is 9.02. The second-order valence-electron chi connectivity index (χ2n) is 7.73. The fourth-order valence-electron chi connectivity index (χ4n) is 3.63. The monoisotopic (exact) mass is 361 g/mol. The van der Waals surface area contributed by atoms with Crippen LogP contribution in [-0.2, 0) is 11.3 Å². The molecular formula is C24H27NO2. The SMILES string of the molecule is CC1=CCC(C(C)=Nc2ccccc2C(=O)OCc2ccccc2)C1(C)C. The molecule has 1 aliphatic rings. The molecule has 1 atom stereocenters. The summed E-state index contributed by atoms with van der Waals surface area (Å²) in [5.41, 5.74) is 4.70. The molecule has 0 amide bonds. The Kier molecular flexibility index (Phi) is 5.59. The lowest BCUT2D eigenvalue weighted by atomic mass is 9.75. The Balaban J connectivity index is 1.78. The van der Waals surface area contributed by atoms with Crippen molar-refractivity contribution in [1.82, 2.24) is 0 Å². The van der Waals surface area contributed by atoms with E-state index in [-0.39, 0.29) is 18.0 Å². The van der Waals surface area contributed by atoms with Crippen LogP contribution < -0.4 is 0 Å². The Morgan fingerprint density at radius 2 is 1.78 bits per heavy atom. The third kappa shape index (κ3) is 4.19. The Morgan fingerprint density at radius 3 is 2.44 bits per heavy atom. The molecule has 140 valence electrons. The number of hydrogen-bond acceptors (Lipinski definition) is 3. The van der Waals surface area contributed by atoms with Crippen molar-refractivity contribution in [2.75, 3.05) is 0 Å². The van der Waals surface area contributed by atoms with Crippen LogP contribution in [0.5, 0.6) is 0 Å². The first kappa shape index (κ1) is 19.1. The van der Waals surface area contributed by atoms with Gasteiger partial charge >= 0.3 is 5.97 Å². The smallest absolute Gasteiger partial charge is 0.340 e. The predicted molar refractivity (Wildman–Crippen MR) is 110 cm³/mol. The maximum atomic E-state index is 12.6. The molecular weight excluding hydrogens is 334 g/mol. The second-order valence-corrected chi connectivity index (χ2v) is 7.73. The number of allylic oxidation sites excluding steroid dienone is 2. The minimum Gasteiger partial charge on any atom is -0.457 e. The van der Waals surface area contributed by atoms with Gasteiger partial charge in [0.05, 0.1) is 11.3 Å². The third-order valence-corrected chi connectivity index (χ3v) is 5.69. The molecule has 27 heavy (non-hydrogen) atoms. The number of esters is 1. The molecule has 1 unspecified atom stereocenters. The molecule has 0 bridgehead atoms. The van der Waals surface area contributed by atoms with Crippen molar-refractivity contribution in [2.45, 2.75) is 40.7 Å². The van der Waals surface area contributed by atoms with Crippen LogP contribution in [0.3, 0.4) is 0 Å². The quantitative estimate of drug-likeness (QED) is 0.365. The Morgan fingerprint density at radius 1 is 1.11 bits per heavy atom. The predicted octanol–water partition coefficient (Wildman–Crippen LogP) is 6.13. The highest BCUT2D eigenvalue weighted by Crippen LogP contribution is 2.44. The molecule has 2 aromatic rings. The van der Waals surface area contributed by atoms with E-state index in [0.29, 0.717) is 17.2 Å². The van der Waals surface area contributed by atoms with Gasteiger partial charge in [0.1, 0.15) is 6.61 Å². The van der Waals surface area contributed by atoms with Gasteiger partial charge in [-0.05, 0) is 43.4 Å². The zero-order valence-corrected chi connectivity index (χ0v) is 16.5. The maximum absolute atomic E-state index is 12.6. The van der Waals surface area contributed by atoms with Gasteiger partial charge in [0.25, 0.3) is 0 Å². The van der Waals surface area contributed by atoms with Gasteiger partial charge in [-0.2, -0.15) is 0 Å². The fourth-order valence-corrected chi connectivity index (χ4v) is 3.63. The van der Waals surface area contributed by atoms with Crippen molar-refractivity contribution in [2.24, 2.45) is 16.3 Å². The van der Waals surface area contributed by atoms with Crippen LogP contribution in [0.15, 0.2) is 71.2 Å². The standard InChI is InChI=1S/C24H27NO2/c1-17-14-15-21(24(17,3)4)18(2)25-22-13-9-8-12-20(22)23(26)27-16-19-10-6-5-7-11-19/h5-14,21H,15-16H2,1-4H3. The number of nitrogens with zero attached hydrogens (tertiary/aromatic N) is 1. The fraction of sp³-hybridized carbons (Fsp3) is 0.333. The van der Waals surface area contributed by atoms with Crippen molar-refractivity contribution < 1.29 is 9.53 Å². The average Bonchev–Trinajstić information content (AvgIpc) is 2.94. The highest BCUT2D eigenvalue weighted by Gasteiger charge is 2.36. The highest BCUT2D eigenvalue weighted by atomic mass is 16.5. The van der Waals surface area contributed by atoms with Crippen LogP contribution in [0, 0.1) is 11.3 Å². The molecule has 3 rings (SSSR count). The Labute approximate surface area is 161 Å². The molecule has 0 aromatic heterocycles. The molecule has 0 aliphatic heterocycles. The topological polar surface area (TPSA) is 38.7 Å². The number of ether oxygens (including phenoxy) is 1. The molecule has 3 nitrogen and oxygen atoms in total. The minimum absolute atomic E-state index is 0.0936. The van der Waals surface area contributed by atoms with Crippen LogP contribution in [0.2, 0.25) is 0 Å². The molecule has 3 heteroatoms. The summed E-state index contributed by atoms with van der Waals surface area (Å²) < 4.78 is 5.50. The van der Waals surface area contributed by atoms with E-state index in [1.807, 2.05) is 48.5 Å². The summed E-state index contributed by atoms with van der Waals surface area (Å²) in [6.07, 6.45) is 3.29. The second kappa shape index (κ2) is 7.91. The highest BCUT2D eigenvalue weighted by molar-refractivity contribution is 5.97. The van der Waals surface area contributed by atoms with Crippen molar-refractivity contribution >= 4 is 17.4 Å². The van der Waals surface area contributed by atoms with E-state index >= 15 is 0 Å². The maximum Gasteiger partial charge on any atom is 0.340 e. The van der Waals surface area contributed by atoms with Crippen molar-refractivity contribution in [3.8, 4) is 0 Å². The van der Waals surface area contributed by atoms with Gasteiger partial charge in [-0.3, -0.25) is 4.99 Å². The van der Waals surface area contributed by atoms with Crippen molar-refractivity contribution in [1.29, 1.82) is 0 Å². The van der Waals surface area contributed by atoms with Gasteiger partial charge < -0.3 is 4.74 Å². The van der Waals surface area contributed by atoms with Gasteiger partial charge in [0, 0.05) is 11.6 Å². The molecule has 1 aliphatic carbocycles. The molecule has 0 heterocycles. The van der Waals surface area contributed by atoms with E-state index in [0.717, 1.165) is 17.7 Å². The first-order valence-electron chi connectivity index (χ1n) is 9.42. The molecule has 0 saturated carbocycles. The Bertz CT molecular complexity index is 878. The Hall–Kier alpha value is -2.68. The summed E-state index contributed by atoms with van der Waals surface area (Å²) in [6, 6.07) is 17.1. The van der Waals surface area contributed by atoms with Gasteiger partial charge in [-0.1, -0.05) is 68.0 Å². The number of benzene rings is 2. The number of rotatable bonds is 5. The zero-order valence-electron chi connectivity index (χ0n) is 16.5. The molecule has 0 radical (unpaired) electrons.